The lowest BCUT2D eigenvalue weighted by Crippen LogP contribution is -2.17. The van der Waals surface area contributed by atoms with Crippen LogP contribution < -0.4 is 16.2 Å². The Balaban J connectivity index is 1.89. The van der Waals surface area contributed by atoms with Gasteiger partial charge < -0.3 is 11.1 Å². The fourth-order valence-electron chi connectivity index (χ4n) is 2.11. The largest absolute Gasteiger partial charge is 0.382 e. The SMILES string of the molecule is Nc1ncc(-c2cccnc2)nc1C(=O)Nc1cccc(S(N)=O)c1. The zero-order chi connectivity index (χ0) is 17.8. The van der Waals surface area contributed by atoms with E-state index in [1.54, 1.807) is 42.7 Å². The van der Waals surface area contributed by atoms with Gasteiger partial charge >= 0.3 is 0 Å². The van der Waals surface area contributed by atoms with Gasteiger partial charge in [0.25, 0.3) is 5.91 Å². The first-order chi connectivity index (χ1) is 12.0. The fraction of sp³-hybridized carbons (Fsp3) is 0. The van der Waals surface area contributed by atoms with E-state index in [2.05, 4.69) is 20.3 Å². The van der Waals surface area contributed by atoms with E-state index < -0.39 is 16.9 Å². The Hall–Kier alpha value is -3.17. The van der Waals surface area contributed by atoms with Gasteiger partial charge in [0.2, 0.25) is 0 Å². The summed E-state index contributed by atoms with van der Waals surface area (Å²) in [5, 5.41) is 7.99. The summed E-state index contributed by atoms with van der Waals surface area (Å²) in [6.45, 7) is 0. The van der Waals surface area contributed by atoms with Crippen LogP contribution in [0.15, 0.2) is 59.9 Å². The summed E-state index contributed by atoms with van der Waals surface area (Å²) in [5.41, 5.74) is 7.38. The van der Waals surface area contributed by atoms with Crippen LogP contribution in [0.5, 0.6) is 0 Å². The molecule has 25 heavy (non-hydrogen) atoms. The summed E-state index contributed by atoms with van der Waals surface area (Å²) in [7, 11) is -1.64. The van der Waals surface area contributed by atoms with Crippen LogP contribution in [0.4, 0.5) is 11.5 Å². The number of aromatic nitrogens is 3. The van der Waals surface area contributed by atoms with Crippen LogP contribution in [0.25, 0.3) is 11.3 Å². The highest BCUT2D eigenvalue weighted by Crippen LogP contribution is 2.19. The maximum Gasteiger partial charge on any atom is 0.278 e. The predicted octanol–water partition coefficient (Wildman–Crippen LogP) is 1.35. The minimum atomic E-state index is -1.64. The normalized spacial score (nSPS) is 11.7. The number of hydrogen-bond acceptors (Lipinski definition) is 6. The lowest BCUT2D eigenvalue weighted by molar-refractivity contribution is 0.102. The number of benzene rings is 1. The monoisotopic (exact) mass is 354 g/mol. The van der Waals surface area contributed by atoms with Gasteiger partial charge in [-0.2, -0.15) is 0 Å². The number of pyridine rings is 1. The first kappa shape index (κ1) is 16.7. The average molecular weight is 354 g/mol. The molecular formula is C16H14N6O2S. The number of carbonyl (C=O) groups is 1. The highest BCUT2D eigenvalue weighted by Gasteiger charge is 2.15. The van der Waals surface area contributed by atoms with E-state index in [1.807, 2.05) is 0 Å². The van der Waals surface area contributed by atoms with Crippen LogP contribution in [-0.4, -0.2) is 25.1 Å². The molecule has 0 bridgehead atoms. The van der Waals surface area contributed by atoms with Crippen LogP contribution >= 0.6 is 0 Å². The van der Waals surface area contributed by atoms with Crippen molar-refractivity contribution in [3.8, 4) is 11.3 Å². The molecule has 1 amide bonds. The summed E-state index contributed by atoms with van der Waals surface area (Å²) in [6, 6.07) is 9.95. The van der Waals surface area contributed by atoms with Crippen molar-refractivity contribution < 1.29 is 9.00 Å². The first-order valence-corrected chi connectivity index (χ1v) is 8.36. The molecule has 0 aliphatic rings. The van der Waals surface area contributed by atoms with Gasteiger partial charge in [0, 0.05) is 23.6 Å². The molecule has 3 rings (SSSR count). The summed E-state index contributed by atoms with van der Waals surface area (Å²) in [6.07, 6.45) is 4.72. The molecule has 0 spiro atoms. The van der Waals surface area contributed by atoms with E-state index in [9.17, 15) is 9.00 Å². The van der Waals surface area contributed by atoms with Gasteiger partial charge in [0.1, 0.15) is 11.0 Å². The van der Waals surface area contributed by atoms with Crippen molar-refractivity contribution in [2.75, 3.05) is 11.1 Å². The molecule has 1 unspecified atom stereocenters. The number of anilines is 2. The molecule has 8 nitrogen and oxygen atoms in total. The molecule has 2 aromatic heterocycles. The zero-order valence-electron chi connectivity index (χ0n) is 12.9. The number of nitrogen functional groups attached to an aromatic ring is 1. The standard InChI is InChI=1S/C16H14N6O2S/c17-15-14(22-13(9-20-15)10-3-2-6-19-8-10)16(23)21-11-4-1-5-12(7-11)25(18)24/h1-9H,18H2,(H2,17,20)(H,21,23). The zero-order valence-corrected chi connectivity index (χ0v) is 13.7. The van der Waals surface area contributed by atoms with Crippen LogP contribution in [-0.2, 0) is 11.0 Å². The summed E-state index contributed by atoms with van der Waals surface area (Å²) in [5.74, 6) is -0.528. The average Bonchev–Trinajstić information content (AvgIpc) is 2.63. The predicted molar refractivity (Wildman–Crippen MR) is 94.7 cm³/mol. The first-order valence-electron chi connectivity index (χ1n) is 7.15. The molecule has 3 aromatic rings. The Bertz CT molecular complexity index is 948. The molecule has 2 heterocycles. The van der Waals surface area contributed by atoms with Crippen molar-refractivity contribution in [1.29, 1.82) is 0 Å². The number of nitrogens with two attached hydrogens (primary N) is 2. The van der Waals surface area contributed by atoms with Crippen LogP contribution in [0.3, 0.4) is 0 Å². The molecule has 1 aromatic carbocycles. The van der Waals surface area contributed by atoms with E-state index in [0.717, 1.165) is 0 Å². The van der Waals surface area contributed by atoms with Crippen molar-refractivity contribution in [3.05, 3.63) is 60.7 Å². The molecule has 0 aliphatic carbocycles. The van der Waals surface area contributed by atoms with Gasteiger partial charge in [-0.1, -0.05) is 6.07 Å². The lowest BCUT2D eigenvalue weighted by atomic mass is 10.2. The molecule has 5 N–H and O–H groups in total. The van der Waals surface area contributed by atoms with Crippen molar-refractivity contribution in [1.82, 2.24) is 15.0 Å². The van der Waals surface area contributed by atoms with Crippen LogP contribution in [0.2, 0.25) is 0 Å². The van der Waals surface area contributed by atoms with Crippen LogP contribution in [0.1, 0.15) is 10.5 Å². The van der Waals surface area contributed by atoms with Crippen molar-refractivity contribution in [2.24, 2.45) is 5.14 Å². The maximum atomic E-state index is 12.5. The Labute approximate surface area is 145 Å². The third kappa shape index (κ3) is 3.84. The van der Waals surface area contributed by atoms with E-state index in [0.29, 0.717) is 21.8 Å². The molecule has 0 fully saturated rings. The van der Waals surface area contributed by atoms with Gasteiger partial charge in [0.05, 0.1) is 16.8 Å². The smallest absolute Gasteiger partial charge is 0.278 e. The molecule has 0 saturated heterocycles. The molecule has 9 heteroatoms. The minimum Gasteiger partial charge on any atom is -0.382 e. The molecule has 0 aliphatic heterocycles. The van der Waals surface area contributed by atoms with Gasteiger partial charge in [-0.05, 0) is 30.3 Å². The fourth-order valence-corrected chi connectivity index (χ4v) is 2.56. The van der Waals surface area contributed by atoms with Gasteiger partial charge in [-0.3, -0.25) is 9.78 Å². The second-order valence-corrected chi connectivity index (χ2v) is 6.08. The number of rotatable bonds is 4. The molecular weight excluding hydrogens is 340 g/mol. The molecule has 126 valence electrons. The summed E-state index contributed by atoms with van der Waals surface area (Å²) in [4.78, 5) is 25.2. The van der Waals surface area contributed by atoms with Gasteiger partial charge in [-0.15, -0.1) is 0 Å². The highest BCUT2D eigenvalue weighted by atomic mass is 32.2. The van der Waals surface area contributed by atoms with E-state index in [-0.39, 0.29) is 11.5 Å². The Morgan fingerprint density at radius 1 is 1.16 bits per heavy atom. The Morgan fingerprint density at radius 3 is 2.72 bits per heavy atom. The van der Waals surface area contributed by atoms with Crippen molar-refractivity contribution in [2.45, 2.75) is 4.90 Å². The van der Waals surface area contributed by atoms with Gasteiger partial charge in [-0.25, -0.2) is 19.3 Å². The quantitative estimate of drug-likeness (QED) is 0.647. The molecule has 1 atom stereocenters. The van der Waals surface area contributed by atoms with E-state index >= 15 is 0 Å². The molecule has 0 radical (unpaired) electrons. The van der Waals surface area contributed by atoms with Gasteiger partial charge in [0.15, 0.2) is 11.5 Å². The minimum absolute atomic E-state index is 0.00342. The second-order valence-electron chi connectivity index (χ2n) is 5.01. The Kier molecular flexibility index (Phi) is 4.78. The third-order valence-electron chi connectivity index (χ3n) is 3.30. The van der Waals surface area contributed by atoms with Crippen molar-refractivity contribution >= 4 is 28.4 Å². The number of nitrogens with zero attached hydrogens (tertiary/aromatic N) is 3. The summed E-state index contributed by atoms with van der Waals surface area (Å²) < 4.78 is 11.3. The lowest BCUT2D eigenvalue weighted by Gasteiger charge is -2.09. The molecule has 0 saturated carbocycles. The number of amides is 1. The number of carbonyl (C=O) groups excluding carboxylic acids is 1. The summed E-state index contributed by atoms with van der Waals surface area (Å²) >= 11 is 0. The number of nitrogens with one attached hydrogen (secondary N) is 1. The Morgan fingerprint density at radius 2 is 2.00 bits per heavy atom. The highest BCUT2D eigenvalue weighted by molar-refractivity contribution is 7.82. The third-order valence-corrected chi connectivity index (χ3v) is 4.02. The second kappa shape index (κ2) is 7.16. The maximum absolute atomic E-state index is 12.5. The van der Waals surface area contributed by atoms with Crippen LogP contribution in [0, 0.1) is 0 Å². The van der Waals surface area contributed by atoms with E-state index in [4.69, 9.17) is 10.9 Å². The van der Waals surface area contributed by atoms with Crippen molar-refractivity contribution in [3.63, 3.8) is 0 Å². The number of hydrogen-bond donors (Lipinski definition) is 3. The topological polar surface area (TPSA) is 137 Å². The van der Waals surface area contributed by atoms with E-state index in [1.165, 1.54) is 12.3 Å².